The van der Waals surface area contributed by atoms with E-state index in [1.807, 2.05) is 0 Å². The lowest BCUT2D eigenvalue weighted by Crippen LogP contribution is -2.21. The number of halogens is 3. The second-order valence-corrected chi connectivity index (χ2v) is 5.86. The van der Waals surface area contributed by atoms with Crippen molar-refractivity contribution in [1.82, 2.24) is 0 Å². The van der Waals surface area contributed by atoms with Crippen molar-refractivity contribution in [3.63, 3.8) is 0 Å². The van der Waals surface area contributed by atoms with Crippen LogP contribution in [-0.4, -0.2) is 17.9 Å². The molecule has 0 saturated carbocycles. The van der Waals surface area contributed by atoms with Crippen LogP contribution in [0.25, 0.3) is 0 Å². The molecular formula is C15H9BrClFN2O. The maximum absolute atomic E-state index is 13.9. The Balaban J connectivity index is 2.24. The van der Waals surface area contributed by atoms with Crippen LogP contribution in [0.4, 0.5) is 10.1 Å². The van der Waals surface area contributed by atoms with Crippen molar-refractivity contribution in [1.29, 1.82) is 0 Å². The van der Waals surface area contributed by atoms with Crippen LogP contribution in [-0.2, 0) is 4.79 Å². The summed E-state index contributed by atoms with van der Waals surface area (Å²) in [6.45, 7) is 0. The van der Waals surface area contributed by atoms with Gasteiger partial charge in [0.2, 0.25) is 0 Å². The van der Waals surface area contributed by atoms with Gasteiger partial charge >= 0.3 is 0 Å². The van der Waals surface area contributed by atoms with Gasteiger partial charge in [-0.05, 0) is 30.3 Å². The fourth-order valence-corrected chi connectivity index (χ4v) is 2.67. The topological polar surface area (TPSA) is 41.5 Å². The number of nitrogens with one attached hydrogen (secondary N) is 1. The second kappa shape index (κ2) is 5.58. The molecule has 0 radical (unpaired) electrons. The lowest BCUT2D eigenvalue weighted by atomic mass is 10.0. The highest BCUT2D eigenvalue weighted by Gasteiger charge is 2.25. The number of fused-ring (bicyclic) bond motifs is 1. The molecule has 1 atom stereocenters. The Kier molecular flexibility index (Phi) is 3.78. The summed E-state index contributed by atoms with van der Waals surface area (Å²) < 4.78 is 14.7. The monoisotopic (exact) mass is 366 g/mol. The Hall–Kier alpha value is -1.72. The van der Waals surface area contributed by atoms with Gasteiger partial charge in [0.15, 0.2) is 0 Å². The summed E-state index contributed by atoms with van der Waals surface area (Å²) >= 11 is 9.36. The van der Waals surface area contributed by atoms with Crippen molar-refractivity contribution in [2.24, 2.45) is 4.99 Å². The van der Waals surface area contributed by atoms with Crippen molar-refractivity contribution >= 4 is 44.8 Å². The lowest BCUT2D eigenvalue weighted by molar-refractivity contribution is -0.120. The number of carbonyl (C=O) groups is 1. The Bertz CT molecular complexity index is 763. The summed E-state index contributed by atoms with van der Waals surface area (Å²) in [6.07, 6.45) is -1.95. The van der Waals surface area contributed by atoms with Gasteiger partial charge in [0.1, 0.15) is 0 Å². The van der Waals surface area contributed by atoms with Gasteiger partial charge in [-0.3, -0.25) is 4.79 Å². The van der Waals surface area contributed by atoms with Gasteiger partial charge in [0, 0.05) is 20.6 Å². The quantitative estimate of drug-likeness (QED) is 0.755. The largest absolute Gasteiger partial charge is 0.321 e. The van der Waals surface area contributed by atoms with E-state index in [9.17, 15) is 9.18 Å². The van der Waals surface area contributed by atoms with Gasteiger partial charge in [-0.1, -0.05) is 39.7 Å². The van der Waals surface area contributed by atoms with Crippen molar-refractivity contribution in [2.75, 3.05) is 5.32 Å². The van der Waals surface area contributed by atoms with Crippen molar-refractivity contribution < 1.29 is 9.18 Å². The number of hydrogen-bond donors (Lipinski definition) is 1. The van der Waals surface area contributed by atoms with Crippen LogP contribution in [0.5, 0.6) is 0 Å². The molecule has 0 aliphatic carbocycles. The Morgan fingerprint density at radius 1 is 1.24 bits per heavy atom. The smallest absolute Gasteiger partial charge is 0.281 e. The molecule has 3 rings (SSSR count). The molecule has 3 nitrogen and oxygen atoms in total. The summed E-state index contributed by atoms with van der Waals surface area (Å²) in [4.78, 5) is 15.6. The molecule has 2 aromatic carbocycles. The minimum atomic E-state index is -1.95. The molecule has 1 aliphatic rings. The zero-order valence-electron chi connectivity index (χ0n) is 10.6. The molecule has 1 unspecified atom stereocenters. The average molecular weight is 368 g/mol. The highest BCUT2D eigenvalue weighted by molar-refractivity contribution is 9.10. The number of rotatable bonds is 1. The third-order valence-corrected chi connectivity index (χ3v) is 3.78. The first kappa shape index (κ1) is 14.2. The Morgan fingerprint density at radius 2 is 2.05 bits per heavy atom. The number of hydrogen-bond acceptors (Lipinski definition) is 2. The van der Waals surface area contributed by atoms with E-state index in [2.05, 4.69) is 26.2 Å². The molecule has 6 heteroatoms. The normalized spacial score (nSPS) is 17.6. The molecule has 1 aliphatic heterocycles. The highest BCUT2D eigenvalue weighted by atomic mass is 79.9. The van der Waals surface area contributed by atoms with E-state index >= 15 is 0 Å². The summed E-state index contributed by atoms with van der Waals surface area (Å²) in [5.74, 6) is -0.782. The molecule has 0 aromatic heterocycles. The number of anilines is 1. The van der Waals surface area contributed by atoms with E-state index in [0.29, 0.717) is 27.5 Å². The zero-order valence-corrected chi connectivity index (χ0v) is 13.0. The lowest BCUT2D eigenvalue weighted by Gasteiger charge is -2.10. The van der Waals surface area contributed by atoms with E-state index in [1.165, 1.54) is 0 Å². The van der Waals surface area contributed by atoms with Gasteiger partial charge in [0.05, 0.1) is 11.4 Å². The fourth-order valence-electron chi connectivity index (χ4n) is 2.12. The number of benzene rings is 2. The summed E-state index contributed by atoms with van der Waals surface area (Å²) in [5.41, 5.74) is 2.20. The number of alkyl halides is 1. The first-order valence-corrected chi connectivity index (χ1v) is 7.30. The van der Waals surface area contributed by atoms with Gasteiger partial charge in [0.25, 0.3) is 12.2 Å². The molecule has 0 saturated heterocycles. The van der Waals surface area contributed by atoms with E-state index in [1.54, 1.807) is 42.5 Å². The number of benzodiazepines with no additional fused rings is 1. The minimum absolute atomic E-state index is 0.389. The van der Waals surface area contributed by atoms with Crippen LogP contribution in [0.15, 0.2) is 51.9 Å². The zero-order chi connectivity index (χ0) is 15.0. The molecule has 2 aromatic rings. The third-order valence-electron chi connectivity index (χ3n) is 3.05. The SMILES string of the molecule is O=C1Nc2ccc(Br)cc2C(c2cccc(Cl)c2)=NC1F. The van der Waals surface area contributed by atoms with Crippen molar-refractivity contribution in [3.05, 3.63) is 63.1 Å². The van der Waals surface area contributed by atoms with Gasteiger partial charge in [-0.15, -0.1) is 0 Å². The second-order valence-electron chi connectivity index (χ2n) is 4.50. The fraction of sp³-hybridized carbons (Fsp3) is 0.0667. The summed E-state index contributed by atoms with van der Waals surface area (Å²) in [5, 5.41) is 3.05. The van der Waals surface area contributed by atoms with Gasteiger partial charge in [-0.25, -0.2) is 9.38 Å². The maximum Gasteiger partial charge on any atom is 0.281 e. The van der Waals surface area contributed by atoms with Crippen LogP contribution in [0.2, 0.25) is 5.02 Å². The van der Waals surface area contributed by atoms with Crippen LogP contribution >= 0.6 is 27.5 Å². The summed E-state index contributed by atoms with van der Waals surface area (Å²) in [7, 11) is 0. The molecule has 0 bridgehead atoms. The predicted octanol–water partition coefficient (Wildman–Crippen LogP) is 4.19. The van der Waals surface area contributed by atoms with Crippen LogP contribution in [0, 0.1) is 0 Å². The molecule has 1 amide bonds. The third kappa shape index (κ3) is 2.84. The molecular weight excluding hydrogens is 359 g/mol. The standard InChI is InChI=1S/C15H9BrClFN2O/c16-9-4-5-12-11(7-9)13(20-14(18)15(21)19-12)8-2-1-3-10(17)6-8/h1-7,14H,(H,19,21). The van der Waals surface area contributed by atoms with Crippen molar-refractivity contribution in [2.45, 2.75) is 6.30 Å². The first-order chi connectivity index (χ1) is 10.0. The molecule has 1 N–H and O–H groups in total. The molecule has 1 heterocycles. The molecule has 0 fully saturated rings. The molecule has 21 heavy (non-hydrogen) atoms. The number of nitrogens with zero attached hydrogens (tertiary/aromatic N) is 1. The van der Waals surface area contributed by atoms with Crippen LogP contribution < -0.4 is 5.32 Å². The van der Waals surface area contributed by atoms with E-state index in [0.717, 1.165) is 4.47 Å². The van der Waals surface area contributed by atoms with E-state index in [4.69, 9.17) is 11.6 Å². The minimum Gasteiger partial charge on any atom is -0.321 e. The first-order valence-electron chi connectivity index (χ1n) is 6.13. The maximum atomic E-state index is 13.9. The summed E-state index contributed by atoms with van der Waals surface area (Å²) in [6, 6.07) is 12.2. The molecule has 106 valence electrons. The van der Waals surface area contributed by atoms with E-state index in [-0.39, 0.29) is 0 Å². The van der Waals surface area contributed by atoms with Gasteiger partial charge < -0.3 is 5.32 Å². The van der Waals surface area contributed by atoms with Crippen LogP contribution in [0.1, 0.15) is 11.1 Å². The average Bonchev–Trinajstić information content (AvgIpc) is 2.57. The van der Waals surface area contributed by atoms with Gasteiger partial charge in [-0.2, -0.15) is 0 Å². The van der Waals surface area contributed by atoms with E-state index < -0.39 is 12.2 Å². The van der Waals surface area contributed by atoms with Crippen LogP contribution in [0.3, 0.4) is 0 Å². The number of amides is 1. The Labute approximate surface area is 134 Å². The molecule has 0 spiro atoms. The number of carbonyl (C=O) groups excluding carboxylic acids is 1. The highest BCUT2D eigenvalue weighted by Crippen LogP contribution is 2.28. The number of aliphatic imine (C=N–C) groups is 1. The predicted molar refractivity (Wildman–Crippen MR) is 84.8 cm³/mol. The van der Waals surface area contributed by atoms with Crippen molar-refractivity contribution in [3.8, 4) is 0 Å². The Morgan fingerprint density at radius 3 is 2.81 bits per heavy atom.